The highest BCUT2D eigenvalue weighted by atomic mass is 19.1. The zero-order valence-corrected chi connectivity index (χ0v) is 13.0. The summed E-state index contributed by atoms with van der Waals surface area (Å²) in [6, 6.07) is 5.65. The summed E-state index contributed by atoms with van der Waals surface area (Å²) in [7, 11) is 0. The van der Waals surface area contributed by atoms with E-state index in [0.717, 1.165) is 17.1 Å². The molecule has 1 N–H and O–H groups in total. The maximum absolute atomic E-state index is 13.5. The zero-order valence-electron chi connectivity index (χ0n) is 13.0. The molecule has 1 saturated carbocycles. The Morgan fingerprint density at radius 1 is 1.50 bits per heavy atom. The van der Waals surface area contributed by atoms with Crippen molar-refractivity contribution in [1.82, 2.24) is 5.32 Å². The minimum Gasteiger partial charge on any atom is -0.494 e. The van der Waals surface area contributed by atoms with Crippen LogP contribution < -0.4 is 14.8 Å². The quantitative estimate of drug-likeness (QED) is 0.930. The minimum absolute atomic E-state index is 0.0429. The predicted molar refractivity (Wildman–Crippen MR) is 81.0 cm³/mol. The summed E-state index contributed by atoms with van der Waals surface area (Å²) in [5.74, 6) is 1.33. The second-order valence-corrected chi connectivity index (χ2v) is 6.44. The molecular weight excluding hydrogens is 285 g/mol. The zero-order chi connectivity index (χ0) is 15.7. The van der Waals surface area contributed by atoms with Gasteiger partial charge in [0.1, 0.15) is 23.8 Å². The fraction of sp³-hybridized carbons (Fsp3) is 0.588. The van der Waals surface area contributed by atoms with E-state index in [2.05, 4.69) is 5.32 Å². The van der Waals surface area contributed by atoms with E-state index in [0.29, 0.717) is 32.5 Å². The average Bonchev–Trinajstić information content (AvgIpc) is 2.45. The Hall–Kier alpha value is -1.78. The number of rotatable bonds is 4. The molecule has 1 heterocycles. The molecule has 1 fully saturated rings. The number of fused-ring (bicyclic) bond motifs is 1. The number of ether oxygens (including phenoxy) is 2. The summed E-state index contributed by atoms with van der Waals surface area (Å²) in [5, 5.41) is 2.92. The van der Waals surface area contributed by atoms with Crippen LogP contribution in [0, 0.1) is 5.92 Å². The van der Waals surface area contributed by atoms with E-state index in [9.17, 15) is 9.18 Å². The first-order valence-corrected chi connectivity index (χ1v) is 7.84. The van der Waals surface area contributed by atoms with Gasteiger partial charge in [-0.05, 0) is 44.0 Å². The minimum atomic E-state index is -1.12. The van der Waals surface area contributed by atoms with Crippen LogP contribution in [0.4, 0.5) is 4.39 Å². The molecule has 0 radical (unpaired) electrons. The molecule has 120 valence electrons. The second-order valence-electron chi connectivity index (χ2n) is 6.44. The fourth-order valence-corrected chi connectivity index (χ4v) is 3.18. The number of nitrogens with one attached hydrogen (secondary N) is 1. The topological polar surface area (TPSA) is 47.6 Å². The Labute approximate surface area is 130 Å². The number of carbonyl (C=O) groups excluding carboxylic acids is 1. The van der Waals surface area contributed by atoms with Crippen LogP contribution in [0.2, 0.25) is 0 Å². The summed E-state index contributed by atoms with van der Waals surface area (Å²) >= 11 is 0. The van der Waals surface area contributed by atoms with Crippen LogP contribution in [0.15, 0.2) is 18.2 Å². The molecule has 1 aliphatic heterocycles. The Balaban J connectivity index is 1.60. The number of hydrogen-bond acceptors (Lipinski definition) is 3. The van der Waals surface area contributed by atoms with Gasteiger partial charge in [-0.3, -0.25) is 4.79 Å². The maximum atomic E-state index is 13.5. The van der Waals surface area contributed by atoms with Crippen LogP contribution in [0.5, 0.6) is 11.5 Å². The molecule has 0 aromatic heterocycles. The van der Waals surface area contributed by atoms with E-state index in [1.165, 1.54) is 0 Å². The summed E-state index contributed by atoms with van der Waals surface area (Å²) in [6.45, 7) is 4.48. The van der Waals surface area contributed by atoms with Crippen molar-refractivity contribution in [3.63, 3.8) is 0 Å². The highest BCUT2D eigenvalue weighted by Crippen LogP contribution is 2.36. The Morgan fingerprint density at radius 2 is 2.27 bits per heavy atom. The molecule has 1 aromatic rings. The third kappa shape index (κ3) is 3.18. The van der Waals surface area contributed by atoms with E-state index in [-0.39, 0.29) is 17.9 Å². The molecule has 3 rings (SSSR count). The lowest BCUT2D eigenvalue weighted by molar-refractivity contribution is -0.128. The van der Waals surface area contributed by atoms with Crippen LogP contribution in [0.1, 0.15) is 32.3 Å². The van der Waals surface area contributed by atoms with Gasteiger partial charge in [-0.25, -0.2) is 4.39 Å². The first-order valence-electron chi connectivity index (χ1n) is 7.84. The molecule has 0 spiro atoms. The number of alkyl halides is 1. The Morgan fingerprint density at radius 3 is 2.95 bits per heavy atom. The van der Waals surface area contributed by atoms with Crippen LogP contribution >= 0.6 is 0 Å². The SMILES string of the molecule is CCOc1ccc2c(c1)CC(C(=O)NC1CC(C)(F)C1)CO2. The monoisotopic (exact) mass is 307 g/mol. The van der Waals surface area contributed by atoms with Crippen LogP contribution in [-0.2, 0) is 11.2 Å². The van der Waals surface area contributed by atoms with Crippen molar-refractivity contribution in [2.45, 2.75) is 44.8 Å². The summed E-state index contributed by atoms with van der Waals surface area (Å²) in [4.78, 5) is 12.3. The van der Waals surface area contributed by atoms with Crippen molar-refractivity contribution in [3.8, 4) is 11.5 Å². The first kappa shape index (κ1) is 15.1. The molecule has 1 aliphatic carbocycles. The molecule has 1 amide bonds. The molecule has 1 unspecified atom stereocenters. The molecule has 4 nitrogen and oxygen atoms in total. The highest BCUT2D eigenvalue weighted by Gasteiger charge is 2.42. The van der Waals surface area contributed by atoms with Crippen molar-refractivity contribution >= 4 is 5.91 Å². The highest BCUT2D eigenvalue weighted by molar-refractivity contribution is 5.80. The van der Waals surface area contributed by atoms with Gasteiger partial charge >= 0.3 is 0 Å². The van der Waals surface area contributed by atoms with E-state index in [1.54, 1.807) is 6.92 Å². The predicted octanol–water partition coefficient (Wildman–Crippen LogP) is 2.64. The molecule has 0 saturated heterocycles. The molecule has 22 heavy (non-hydrogen) atoms. The van der Waals surface area contributed by atoms with Gasteiger partial charge in [-0.2, -0.15) is 0 Å². The first-order chi connectivity index (χ1) is 10.5. The van der Waals surface area contributed by atoms with Gasteiger partial charge in [0, 0.05) is 18.9 Å². The number of benzene rings is 1. The maximum Gasteiger partial charge on any atom is 0.227 e. The average molecular weight is 307 g/mol. The van der Waals surface area contributed by atoms with Crippen LogP contribution in [0.25, 0.3) is 0 Å². The Kier molecular flexibility index (Phi) is 3.98. The Bertz CT molecular complexity index is 565. The number of carbonyl (C=O) groups is 1. The molecule has 1 aromatic carbocycles. The van der Waals surface area contributed by atoms with Gasteiger partial charge in [-0.1, -0.05) is 0 Å². The van der Waals surface area contributed by atoms with E-state index >= 15 is 0 Å². The number of amides is 1. The van der Waals surface area contributed by atoms with Gasteiger partial charge in [0.05, 0.1) is 12.5 Å². The lowest BCUT2D eigenvalue weighted by atomic mass is 9.78. The van der Waals surface area contributed by atoms with Crippen LogP contribution in [-0.4, -0.2) is 30.8 Å². The van der Waals surface area contributed by atoms with Gasteiger partial charge < -0.3 is 14.8 Å². The molecule has 5 heteroatoms. The molecule has 2 aliphatic rings. The number of halogens is 1. The van der Waals surface area contributed by atoms with E-state index in [1.807, 2.05) is 25.1 Å². The van der Waals surface area contributed by atoms with Gasteiger partial charge in [0.25, 0.3) is 0 Å². The van der Waals surface area contributed by atoms with Gasteiger partial charge in [0.2, 0.25) is 5.91 Å². The summed E-state index contributed by atoms with van der Waals surface area (Å²) in [5.41, 5.74) is -0.138. The lowest BCUT2D eigenvalue weighted by Crippen LogP contribution is -2.53. The normalized spacial score (nSPS) is 29.8. The van der Waals surface area contributed by atoms with Crippen molar-refractivity contribution < 1.29 is 18.7 Å². The summed E-state index contributed by atoms with van der Waals surface area (Å²) < 4.78 is 24.6. The summed E-state index contributed by atoms with van der Waals surface area (Å²) in [6.07, 6.45) is 1.43. The molecule has 0 bridgehead atoms. The van der Waals surface area contributed by atoms with Crippen LogP contribution in [0.3, 0.4) is 0 Å². The van der Waals surface area contributed by atoms with Gasteiger partial charge in [0.15, 0.2) is 0 Å². The van der Waals surface area contributed by atoms with Gasteiger partial charge in [-0.15, -0.1) is 0 Å². The smallest absolute Gasteiger partial charge is 0.227 e. The van der Waals surface area contributed by atoms with Crippen molar-refractivity contribution in [2.24, 2.45) is 5.92 Å². The van der Waals surface area contributed by atoms with Crippen molar-refractivity contribution in [2.75, 3.05) is 13.2 Å². The van der Waals surface area contributed by atoms with Crippen molar-refractivity contribution in [1.29, 1.82) is 0 Å². The van der Waals surface area contributed by atoms with E-state index in [4.69, 9.17) is 9.47 Å². The third-order valence-electron chi connectivity index (χ3n) is 4.31. The van der Waals surface area contributed by atoms with E-state index < -0.39 is 5.67 Å². The number of hydrogen-bond donors (Lipinski definition) is 1. The fourth-order valence-electron chi connectivity index (χ4n) is 3.18. The third-order valence-corrected chi connectivity index (χ3v) is 4.31. The largest absolute Gasteiger partial charge is 0.494 e. The molecular formula is C17H22FNO3. The van der Waals surface area contributed by atoms with Crippen molar-refractivity contribution in [3.05, 3.63) is 23.8 Å². The second kappa shape index (κ2) is 5.78. The standard InChI is InChI=1S/C17H22FNO3/c1-3-21-14-4-5-15-11(7-14)6-12(10-22-15)16(20)19-13-8-17(2,18)9-13/h4-5,7,12-13H,3,6,8-10H2,1-2H3,(H,19,20). The lowest BCUT2D eigenvalue weighted by Gasteiger charge is -2.39. The molecule has 1 atom stereocenters.